The summed E-state index contributed by atoms with van der Waals surface area (Å²) < 4.78 is 13.0. The van der Waals surface area contributed by atoms with Gasteiger partial charge < -0.3 is 5.73 Å². The quantitative estimate of drug-likeness (QED) is 0.908. The zero-order valence-corrected chi connectivity index (χ0v) is 12.3. The van der Waals surface area contributed by atoms with Crippen molar-refractivity contribution in [3.8, 4) is 11.3 Å². The second kappa shape index (κ2) is 5.58. The summed E-state index contributed by atoms with van der Waals surface area (Å²) in [5.74, 6) is -0.224. The molecule has 1 saturated heterocycles. The fourth-order valence-corrected chi connectivity index (χ4v) is 2.97. The molecule has 0 aliphatic carbocycles. The maximum atomic E-state index is 13.0. The topological polar surface area (TPSA) is 57.9 Å². The van der Waals surface area contributed by atoms with Crippen LogP contribution in [0.2, 0.25) is 0 Å². The first-order valence-electron chi connectivity index (χ1n) is 7.30. The highest BCUT2D eigenvalue weighted by Crippen LogP contribution is 2.31. The summed E-state index contributed by atoms with van der Waals surface area (Å²) in [6.45, 7) is 5.88. The summed E-state index contributed by atoms with van der Waals surface area (Å²) in [5, 5.41) is 7.18. The highest BCUT2D eigenvalue weighted by atomic mass is 19.1. The van der Waals surface area contributed by atoms with E-state index in [1.807, 2.05) is 6.20 Å². The average molecular weight is 288 g/mol. The average Bonchev–Trinajstić information content (AvgIpc) is 3.08. The molecule has 4 nitrogen and oxygen atoms in total. The fraction of sp³-hybridized carbons (Fsp3) is 0.438. The van der Waals surface area contributed by atoms with Crippen LogP contribution in [0.5, 0.6) is 0 Å². The largest absolute Gasteiger partial charge is 0.330 e. The van der Waals surface area contributed by atoms with Gasteiger partial charge in [-0.1, -0.05) is 6.92 Å². The van der Waals surface area contributed by atoms with E-state index in [-0.39, 0.29) is 11.2 Å². The monoisotopic (exact) mass is 288 g/mol. The minimum absolute atomic E-state index is 0.222. The van der Waals surface area contributed by atoms with Gasteiger partial charge >= 0.3 is 0 Å². The number of H-pyrrole nitrogens is 1. The van der Waals surface area contributed by atoms with Crippen molar-refractivity contribution in [1.29, 1.82) is 0 Å². The van der Waals surface area contributed by atoms with E-state index in [1.165, 1.54) is 12.1 Å². The molecule has 0 saturated carbocycles. The van der Waals surface area contributed by atoms with E-state index in [0.717, 1.165) is 49.4 Å². The zero-order valence-electron chi connectivity index (χ0n) is 12.3. The molecule has 5 heteroatoms. The summed E-state index contributed by atoms with van der Waals surface area (Å²) in [7, 11) is 0. The SMILES string of the molecule is CC1(CN)CCN(Cc2cn[nH]c2-c2ccc(F)cc2)C1. The molecule has 3 N–H and O–H groups in total. The summed E-state index contributed by atoms with van der Waals surface area (Å²) in [6, 6.07) is 6.50. The number of nitrogens with zero attached hydrogens (tertiary/aromatic N) is 2. The molecule has 0 radical (unpaired) electrons. The second-order valence-electron chi connectivity index (χ2n) is 6.25. The number of rotatable bonds is 4. The van der Waals surface area contributed by atoms with Crippen LogP contribution in [0.25, 0.3) is 11.3 Å². The molecule has 1 aliphatic rings. The van der Waals surface area contributed by atoms with Gasteiger partial charge in [-0.15, -0.1) is 0 Å². The maximum Gasteiger partial charge on any atom is 0.123 e. The van der Waals surface area contributed by atoms with Crippen LogP contribution in [-0.2, 0) is 6.54 Å². The molecular weight excluding hydrogens is 267 g/mol. The lowest BCUT2D eigenvalue weighted by atomic mass is 9.90. The van der Waals surface area contributed by atoms with Crippen molar-refractivity contribution in [3.63, 3.8) is 0 Å². The number of hydrogen-bond donors (Lipinski definition) is 2. The van der Waals surface area contributed by atoms with E-state index in [1.54, 1.807) is 12.1 Å². The lowest BCUT2D eigenvalue weighted by Crippen LogP contribution is -2.31. The van der Waals surface area contributed by atoms with E-state index in [2.05, 4.69) is 22.0 Å². The van der Waals surface area contributed by atoms with E-state index in [4.69, 9.17) is 5.73 Å². The van der Waals surface area contributed by atoms with Crippen LogP contribution >= 0.6 is 0 Å². The summed E-state index contributed by atoms with van der Waals surface area (Å²) in [6.07, 6.45) is 2.99. The van der Waals surface area contributed by atoms with Gasteiger partial charge in [0.05, 0.1) is 11.9 Å². The van der Waals surface area contributed by atoms with Gasteiger partial charge in [-0.25, -0.2) is 4.39 Å². The number of nitrogens with two attached hydrogens (primary N) is 1. The minimum Gasteiger partial charge on any atom is -0.330 e. The van der Waals surface area contributed by atoms with Crippen molar-refractivity contribution in [2.75, 3.05) is 19.6 Å². The number of likely N-dealkylation sites (tertiary alicyclic amines) is 1. The van der Waals surface area contributed by atoms with Gasteiger partial charge in [0.1, 0.15) is 5.82 Å². The summed E-state index contributed by atoms with van der Waals surface area (Å²) in [4.78, 5) is 2.41. The lowest BCUT2D eigenvalue weighted by Gasteiger charge is -2.22. The minimum atomic E-state index is -0.224. The molecule has 2 aromatic rings. The Labute approximate surface area is 124 Å². The standard InChI is InChI=1S/C16H21FN4/c1-16(10-18)6-7-21(11-16)9-13-8-19-20-15(13)12-2-4-14(17)5-3-12/h2-5,8H,6-7,9-11,18H2,1H3,(H,19,20). The van der Waals surface area contributed by atoms with Crippen LogP contribution in [0.4, 0.5) is 4.39 Å². The van der Waals surface area contributed by atoms with Crippen molar-refractivity contribution in [1.82, 2.24) is 15.1 Å². The van der Waals surface area contributed by atoms with Crippen LogP contribution < -0.4 is 5.73 Å². The van der Waals surface area contributed by atoms with E-state index in [0.29, 0.717) is 0 Å². The Bertz CT molecular complexity index is 607. The smallest absolute Gasteiger partial charge is 0.123 e. The molecule has 112 valence electrons. The Morgan fingerprint density at radius 2 is 2.14 bits per heavy atom. The number of benzene rings is 1. The lowest BCUT2D eigenvalue weighted by molar-refractivity contribution is 0.275. The summed E-state index contributed by atoms with van der Waals surface area (Å²) in [5.41, 5.74) is 9.15. The predicted molar refractivity (Wildman–Crippen MR) is 81.0 cm³/mol. The van der Waals surface area contributed by atoms with E-state index >= 15 is 0 Å². The van der Waals surface area contributed by atoms with E-state index < -0.39 is 0 Å². The molecule has 1 aliphatic heterocycles. The molecule has 1 fully saturated rings. The Balaban J connectivity index is 1.76. The Kier molecular flexibility index (Phi) is 3.78. The Morgan fingerprint density at radius 3 is 2.81 bits per heavy atom. The molecule has 0 spiro atoms. The number of halogens is 1. The van der Waals surface area contributed by atoms with E-state index in [9.17, 15) is 4.39 Å². The molecule has 1 aromatic heterocycles. The van der Waals surface area contributed by atoms with Gasteiger partial charge in [0.25, 0.3) is 0 Å². The van der Waals surface area contributed by atoms with Gasteiger partial charge in [-0.3, -0.25) is 10.00 Å². The first-order chi connectivity index (χ1) is 10.1. The Morgan fingerprint density at radius 1 is 1.38 bits per heavy atom. The van der Waals surface area contributed by atoms with Crippen LogP contribution in [0.15, 0.2) is 30.5 Å². The predicted octanol–water partition coefficient (Wildman–Crippen LogP) is 2.39. The molecule has 1 unspecified atom stereocenters. The Hall–Kier alpha value is -1.72. The van der Waals surface area contributed by atoms with Crippen molar-refractivity contribution < 1.29 is 4.39 Å². The van der Waals surface area contributed by atoms with Crippen molar-refractivity contribution in [3.05, 3.63) is 41.8 Å². The molecule has 0 amide bonds. The molecule has 1 aromatic carbocycles. The number of aromatic nitrogens is 2. The van der Waals surface area contributed by atoms with Gasteiger partial charge in [0.15, 0.2) is 0 Å². The number of hydrogen-bond acceptors (Lipinski definition) is 3. The number of nitrogens with one attached hydrogen (secondary N) is 1. The van der Waals surface area contributed by atoms with Crippen molar-refractivity contribution in [2.45, 2.75) is 19.9 Å². The van der Waals surface area contributed by atoms with Crippen LogP contribution in [0, 0.1) is 11.2 Å². The highest BCUT2D eigenvalue weighted by Gasteiger charge is 2.32. The summed E-state index contributed by atoms with van der Waals surface area (Å²) >= 11 is 0. The highest BCUT2D eigenvalue weighted by molar-refractivity contribution is 5.62. The third kappa shape index (κ3) is 2.99. The molecule has 1 atom stereocenters. The molecule has 21 heavy (non-hydrogen) atoms. The zero-order chi connectivity index (χ0) is 14.9. The van der Waals surface area contributed by atoms with Crippen molar-refractivity contribution in [2.24, 2.45) is 11.1 Å². The van der Waals surface area contributed by atoms with Gasteiger partial charge in [0, 0.05) is 24.2 Å². The first kappa shape index (κ1) is 14.2. The molecule has 3 rings (SSSR count). The third-order valence-electron chi connectivity index (χ3n) is 4.37. The first-order valence-corrected chi connectivity index (χ1v) is 7.30. The normalized spacial score (nSPS) is 22.8. The number of aromatic amines is 1. The molecular formula is C16H21FN4. The molecule has 2 heterocycles. The molecule has 0 bridgehead atoms. The van der Waals surface area contributed by atoms with Gasteiger partial charge in [0.2, 0.25) is 0 Å². The second-order valence-corrected chi connectivity index (χ2v) is 6.25. The maximum absolute atomic E-state index is 13.0. The van der Waals surface area contributed by atoms with Crippen LogP contribution in [-0.4, -0.2) is 34.7 Å². The van der Waals surface area contributed by atoms with Crippen LogP contribution in [0.1, 0.15) is 18.9 Å². The van der Waals surface area contributed by atoms with Crippen LogP contribution in [0.3, 0.4) is 0 Å². The van der Waals surface area contributed by atoms with Gasteiger partial charge in [-0.05, 0) is 49.2 Å². The third-order valence-corrected chi connectivity index (χ3v) is 4.37. The van der Waals surface area contributed by atoms with Crippen molar-refractivity contribution >= 4 is 0 Å². The fourth-order valence-electron chi connectivity index (χ4n) is 2.97. The van der Waals surface area contributed by atoms with Gasteiger partial charge in [-0.2, -0.15) is 5.10 Å².